The second-order valence-corrected chi connectivity index (χ2v) is 10.3. The van der Waals surface area contributed by atoms with Crippen LogP contribution in [0.2, 0.25) is 5.15 Å². The Morgan fingerprint density at radius 2 is 1.94 bits per heavy atom. The minimum absolute atomic E-state index is 0.0311. The molecule has 4 rings (SSSR count). The fourth-order valence-corrected chi connectivity index (χ4v) is 4.86. The van der Waals surface area contributed by atoms with Gasteiger partial charge < -0.3 is 10.1 Å². The van der Waals surface area contributed by atoms with Crippen molar-refractivity contribution in [3.05, 3.63) is 52.6 Å². The number of fused-ring (bicyclic) bond motifs is 1. The molecule has 1 fully saturated rings. The van der Waals surface area contributed by atoms with E-state index in [1.54, 1.807) is 36.2 Å². The molecule has 1 aliphatic carbocycles. The third kappa shape index (κ3) is 5.12. The van der Waals surface area contributed by atoms with Crippen molar-refractivity contribution in [3.63, 3.8) is 0 Å². The molecule has 0 radical (unpaired) electrons. The predicted molar refractivity (Wildman–Crippen MR) is 130 cm³/mol. The number of urea groups is 1. The molecule has 1 N–H and O–H groups in total. The Bertz CT molecular complexity index is 1080. The summed E-state index contributed by atoms with van der Waals surface area (Å²) in [7, 11) is 0. The Morgan fingerprint density at radius 3 is 2.59 bits per heavy atom. The molecule has 3 amide bonds. The highest BCUT2D eigenvalue weighted by Crippen LogP contribution is 2.39. The summed E-state index contributed by atoms with van der Waals surface area (Å²) in [6, 6.07) is 6.06. The number of halogens is 2. The van der Waals surface area contributed by atoms with Crippen molar-refractivity contribution >= 4 is 35.1 Å². The minimum Gasteiger partial charge on any atom is -0.444 e. The first-order chi connectivity index (χ1) is 16.0. The number of aromatic nitrogens is 1. The molecule has 1 aromatic carbocycles. The summed E-state index contributed by atoms with van der Waals surface area (Å²) >= 11 is 6.18. The topological polar surface area (TPSA) is 74.8 Å². The molecule has 9 heteroatoms. The van der Waals surface area contributed by atoms with E-state index in [9.17, 15) is 14.0 Å². The van der Waals surface area contributed by atoms with Crippen LogP contribution in [0.25, 0.3) is 0 Å². The monoisotopic (exact) mass is 488 g/mol. The van der Waals surface area contributed by atoms with Gasteiger partial charge in [0, 0.05) is 23.8 Å². The van der Waals surface area contributed by atoms with E-state index in [-0.39, 0.29) is 30.3 Å². The number of rotatable bonds is 3. The Labute approximate surface area is 204 Å². The van der Waals surface area contributed by atoms with E-state index in [0.29, 0.717) is 42.1 Å². The average molecular weight is 489 g/mol. The molecule has 2 heterocycles. The quantitative estimate of drug-likeness (QED) is 0.540. The molecule has 0 unspecified atom stereocenters. The van der Waals surface area contributed by atoms with E-state index in [1.807, 2.05) is 20.8 Å². The van der Waals surface area contributed by atoms with E-state index >= 15 is 0 Å². The molecule has 2 aliphatic rings. The number of carbonyl (C=O) groups excluding carboxylic acids is 2. The number of carbonyl (C=O) groups is 2. The number of amides is 3. The van der Waals surface area contributed by atoms with Crippen LogP contribution in [0.4, 0.5) is 25.4 Å². The number of benzene rings is 1. The van der Waals surface area contributed by atoms with Gasteiger partial charge >= 0.3 is 12.1 Å². The Morgan fingerprint density at radius 1 is 1.24 bits per heavy atom. The van der Waals surface area contributed by atoms with Gasteiger partial charge in [-0.3, -0.25) is 9.80 Å². The number of pyridine rings is 1. The second-order valence-electron chi connectivity index (χ2n) is 9.93. The van der Waals surface area contributed by atoms with Crippen molar-refractivity contribution < 1.29 is 18.7 Å². The zero-order valence-corrected chi connectivity index (χ0v) is 20.7. The van der Waals surface area contributed by atoms with Gasteiger partial charge in [0.1, 0.15) is 16.6 Å². The molecule has 182 valence electrons. The molecule has 7 nitrogen and oxygen atoms in total. The standard InChI is InChI=1S/C25H30ClFN4O3/c1-15-6-5-7-19(27)22(15)30-14-16-13-28-21(26)12-20(16)31(24(30)33)18-10-8-17(9-11-18)29-23(32)34-25(2,3)4/h5-7,12-13,17-18H,8-11,14H2,1-4H3,(H,29,32). The van der Waals surface area contributed by atoms with E-state index in [4.69, 9.17) is 16.3 Å². The summed E-state index contributed by atoms with van der Waals surface area (Å²) in [5.74, 6) is -0.441. The third-order valence-corrected chi connectivity index (χ3v) is 6.40. The fraction of sp³-hybridized carbons (Fsp3) is 0.480. The smallest absolute Gasteiger partial charge is 0.407 e. The lowest BCUT2D eigenvalue weighted by Gasteiger charge is -2.43. The second kappa shape index (κ2) is 9.41. The van der Waals surface area contributed by atoms with Crippen molar-refractivity contribution in [2.24, 2.45) is 0 Å². The highest BCUT2D eigenvalue weighted by Gasteiger charge is 2.39. The predicted octanol–water partition coefficient (Wildman–Crippen LogP) is 5.97. The van der Waals surface area contributed by atoms with Crippen molar-refractivity contribution in [1.29, 1.82) is 0 Å². The Hall–Kier alpha value is -2.87. The highest BCUT2D eigenvalue weighted by atomic mass is 35.5. The largest absolute Gasteiger partial charge is 0.444 e. The van der Waals surface area contributed by atoms with Crippen LogP contribution in [-0.4, -0.2) is 34.8 Å². The van der Waals surface area contributed by atoms with Crippen LogP contribution in [0.5, 0.6) is 0 Å². The van der Waals surface area contributed by atoms with E-state index in [1.165, 1.54) is 11.0 Å². The van der Waals surface area contributed by atoms with Crippen LogP contribution in [-0.2, 0) is 11.3 Å². The van der Waals surface area contributed by atoms with Crippen LogP contribution in [0.1, 0.15) is 57.6 Å². The Kier molecular flexibility index (Phi) is 6.71. The SMILES string of the molecule is Cc1cccc(F)c1N1Cc2cnc(Cl)cc2N(C2CCC(NC(=O)OC(C)(C)C)CC2)C1=O. The number of para-hydroxylation sites is 1. The lowest BCUT2D eigenvalue weighted by molar-refractivity contribution is 0.0491. The first kappa shape index (κ1) is 24.3. The number of anilines is 2. The molecule has 34 heavy (non-hydrogen) atoms. The number of nitrogens with zero attached hydrogens (tertiary/aromatic N) is 3. The molecule has 0 spiro atoms. The molecule has 0 atom stereocenters. The summed E-state index contributed by atoms with van der Waals surface area (Å²) in [5.41, 5.74) is 1.91. The van der Waals surface area contributed by atoms with Crippen molar-refractivity contribution in [2.45, 2.75) is 77.6 Å². The molecule has 1 aliphatic heterocycles. The van der Waals surface area contributed by atoms with Crippen molar-refractivity contribution in [1.82, 2.24) is 10.3 Å². The first-order valence-corrected chi connectivity index (χ1v) is 11.9. The molecule has 0 bridgehead atoms. The highest BCUT2D eigenvalue weighted by molar-refractivity contribution is 6.29. The third-order valence-electron chi connectivity index (χ3n) is 6.19. The lowest BCUT2D eigenvalue weighted by Crippen LogP contribution is -2.54. The van der Waals surface area contributed by atoms with E-state index < -0.39 is 17.5 Å². The number of ether oxygens (including phenoxy) is 1. The van der Waals surface area contributed by atoms with Gasteiger partial charge in [-0.1, -0.05) is 23.7 Å². The first-order valence-electron chi connectivity index (χ1n) is 11.5. The summed E-state index contributed by atoms with van der Waals surface area (Å²) in [6.45, 7) is 7.48. The number of hydrogen-bond acceptors (Lipinski definition) is 4. The number of hydrogen-bond donors (Lipinski definition) is 1. The zero-order chi connectivity index (χ0) is 24.6. The number of nitrogens with one attached hydrogen (secondary N) is 1. The van der Waals surface area contributed by atoms with Gasteiger partial charge in [0.2, 0.25) is 0 Å². The minimum atomic E-state index is -0.563. The normalized spacial score (nSPS) is 20.7. The maximum absolute atomic E-state index is 14.8. The molecule has 1 saturated carbocycles. The van der Waals surface area contributed by atoms with E-state index in [0.717, 1.165) is 5.56 Å². The number of aryl methyl sites for hydroxylation is 1. The molecular formula is C25H30ClFN4O3. The maximum atomic E-state index is 14.8. The lowest BCUT2D eigenvalue weighted by atomic mass is 9.89. The van der Waals surface area contributed by atoms with Gasteiger partial charge in [-0.15, -0.1) is 0 Å². The molecular weight excluding hydrogens is 459 g/mol. The van der Waals surface area contributed by atoms with Gasteiger partial charge in [-0.2, -0.15) is 0 Å². The van der Waals surface area contributed by atoms with Crippen LogP contribution in [0.15, 0.2) is 30.5 Å². The van der Waals surface area contributed by atoms with Crippen LogP contribution < -0.4 is 15.1 Å². The van der Waals surface area contributed by atoms with Gasteiger partial charge in [0.25, 0.3) is 0 Å². The van der Waals surface area contributed by atoms with Crippen molar-refractivity contribution in [3.8, 4) is 0 Å². The summed E-state index contributed by atoms with van der Waals surface area (Å²) in [4.78, 5) is 33.3. The maximum Gasteiger partial charge on any atom is 0.407 e. The molecule has 1 aromatic heterocycles. The van der Waals surface area contributed by atoms with Gasteiger partial charge in [-0.05, 0) is 71.1 Å². The van der Waals surface area contributed by atoms with Gasteiger partial charge in [-0.25, -0.2) is 19.0 Å². The fourth-order valence-electron chi connectivity index (χ4n) is 4.71. The summed E-state index contributed by atoms with van der Waals surface area (Å²) in [5, 5.41) is 3.23. The van der Waals surface area contributed by atoms with Crippen LogP contribution in [0.3, 0.4) is 0 Å². The van der Waals surface area contributed by atoms with Crippen LogP contribution in [0, 0.1) is 12.7 Å². The van der Waals surface area contributed by atoms with Crippen molar-refractivity contribution in [2.75, 3.05) is 9.80 Å². The van der Waals surface area contributed by atoms with Crippen LogP contribution >= 0.6 is 11.6 Å². The summed E-state index contributed by atoms with van der Waals surface area (Å²) < 4.78 is 20.2. The zero-order valence-electron chi connectivity index (χ0n) is 19.9. The molecule has 2 aromatic rings. The van der Waals surface area contributed by atoms with E-state index in [2.05, 4.69) is 10.3 Å². The summed E-state index contributed by atoms with van der Waals surface area (Å²) in [6.07, 6.45) is 3.96. The average Bonchev–Trinajstić information content (AvgIpc) is 2.74. The number of alkyl carbamates (subject to hydrolysis) is 1. The molecule has 0 saturated heterocycles. The van der Waals surface area contributed by atoms with Gasteiger partial charge in [0.05, 0.1) is 17.9 Å². The Balaban J connectivity index is 1.57. The van der Waals surface area contributed by atoms with Gasteiger partial charge in [0.15, 0.2) is 0 Å².